The molecule has 0 saturated heterocycles. The minimum atomic E-state index is 0.317. The molecular formula is C16H30N2S. The van der Waals surface area contributed by atoms with Crippen molar-refractivity contribution in [3.8, 4) is 0 Å². The molecule has 0 saturated carbocycles. The summed E-state index contributed by atoms with van der Waals surface area (Å²) >= 11 is 1.86. The van der Waals surface area contributed by atoms with Crippen LogP contribution >= 0.6 is 11.3 Å². The van der Waals surface area contributed by atoms with E-state index in [-0.39, 0.29) is 0 Å². The molecule has 1 aromatic heterocycles. The first-order valence-electron chi connectivity index (χ1n) is 7.33. The van der Waals surface area contributed by atoms with E-state index in [1.807, 2.05) is 11.3 Å². The molecule has 1 N–H and O–H groups in total. The Morgan fingerprint density at radius 2 is 1.79 bits per heavy atom. The highest BCUT2D eigenvalue weighted by atomic mass is 32.1. The molecule has 1 aromatic rings. The first kappa shape index (κ1) is 16.6. The summed E-state index contributed by atoms with van der Waals surface area (Å²) in [5.74, 6) is 1.35. The van der Waals surface area contributed by atoms with Gasteiger partial charge in [-0.1, -0.05) is 34.6 Å². The molecule has 2 nitrogen and oxygen atoms in total. The molecule has 0 aromatic carbocycles. The van der Waals surface area contributed by atoms with Crippen molar-refractivity contribution in [1.29, 1.82) is 0 Å². The molecule has 0 spiro atoms. The molecule has 0 aliphatic heterocycles. The lowest BCUT2D eigenvalue weighted by atomic mass is 9.79. The maximum Gasteiger partial charge on any atom is 0.0934 e. The van der Waals surface area contributed by atoms with Crippen molar-refractivity contribution in [3.05, 3.63) is 15.6 Å². The quantitative estimate of drug-likeness (QED) is 0.845. The third-order valence-electron chi connectivity index (χ3n) is 3.66. The van der Waals surface area contributed by atoms with E-state index in [1.165, 1.54) is 15.6 Å². The molecule has 3 heteroatoms. The SMILES string of the molecule is Cc1nc(CC(CNCC(C)C)C(C)(C)C)sc1C. The Balaban J connectivity index is 2.64. The van der Waals surface area contributed by atoms with Gasteiger partial charge in [0.25, 0.3) is 0 Å². The van der Waals surface area contributed by atoms with Crippen LogP contribution in [0.3, 0.4) is 0 Å². The van der Waals surface area contributed by atoms with E-state index in [0.717, 1.165) is 19.5 Å². The maximum atomic E-state index is 4.70. The van der Waals surface area contributed by atoms with Crippen LogP contribution in [0.2, 0.25) is 0 Å². The van der Waals surface area contributed by atoms with Crippen LogP contribution < -0.4 is 5.32 Å². The third kappa shape index (κ3) is 5.62. The fraction of sp³-hybridized carbons (Fsp3) is 0.812. The van der Waals surface area contributed by atoms with E-state index in [4.69, 9.17) is 4.98 Å². The molecular weight excluding hydrogens is 252 g/mol. The number of aryl methyl sites for hydroxylation is 2. The van der Waals surface area contributed by atoms with Gasteiger partial charge in [0.15, 0.2) is 0 Å². The summed E-state index contributed by atoms with van der Waals surface area (Å²) in [6.07, 6.45) is 1.09. The van der Waals surface area contributed by atoms with Gasteiger partial charge in [-0.3, -0.25) is 0 Å². The first-order valence-corrected chi connectivity index (χ1v) is 8.15. The van der Waals surface area contributed by atoms with E-state index in [9.17, 15) is 0 Å². The Bertz CT molecular complexity index is 368. The average Bonchev–Trinajstić information content (AvgIpc) is 2.55. The minimum Gasteiger partial charge on any atom is -0.316 e. The van der Waals surface area contributed by atoms with Gasteiger partial charge in [-0.2, -0.15) is 0 Å². The highest BCUT2D eigenvalue weighted by molar-refractivity contribution is 7.11. The standard InChI is InChI=1S/C16H30N2S/c1-11(2)9-17-10-14(16(5,6)7)8-15-18-12(3)13(4)19-15/h11,14,17H,8-10H2,1-7H3. The monoisotopic (exact) mass is 282 g/mol. The third-order valence-corrected chi connectivity index (χ3v) is 4.76. The van der Waals surface area contributed by atoms with E-state index in [2.05, 4.69) is 53.8 Å². The molecule has 0 bridgehead atoms. The van der Waals surface area contributed by atoms with Gasteiger partial charge in [0.2, 0.25) is 0 Å². The second kappa shape index (κ2) is 6.85. The van der Waals surface area contributed by atoms with Crippen molar-refractivity contribution in [3.63, 3.8) is 0 Å². The van der Waals surface area contributed by atoms with Gasteiger partial charge in [-0.05, 0) is 44.2 Å². The van der Waals surface area contributed by atoms with Crippen molar-refractivity contribution in [1.82, 2.24) is 10.3 Å². The molecule has 19 heavy (non-hydrogen) atoms. The highest BCUT2D eigenvalue weighted by Crippen LogP contribution is 2.30. The predicted molar refractivity (Wildman–Crippen MR) is 85.9 cm³/mol. The Kier molecular flexibility index (Phi) is 6.00. The molecule has 110 valence electrons. The van der Waals surface area contributed by atoms with Gasteiger partial charge in [0.05, 0.1) is 10.7 Å². The topological polar surface area (TPSA) is 24.9 Å². The fourth-order valence-corrected chi connectivity index (χ4v) is 3.08. The normalized spacial score (nSPS) is 14.1. The van der Waals surface area contributed by atoms with Gasteiger partial charge in [0, 0.05) is 11.3 Å². The molecule has 0 aliphatic rings. The van der Waals surface area contributed by atoms with Crippen molar-refractivity contribution in [2.75, 3.05) is 13.1 Å². The van der Waals surface area contributed by atoms with Crippen LogP contribution in [-0.2, 0) is 6.42 Å². The number of thiazole rings is 1. The minimum absolute atomic E-state index is 0.317. The lowest BCUT2D eigenvalue weighted by Crippen LogP contribution is -2.35. The smallest absolute Gasteiger partial charge is 0.0934 e. The summed E-state index contributed by atoms with van der Waals surface area (Å²) in [7, 11) is 0. The molecule has 1 rings (SSSR count). The second-order valence-electron chi connectivity index (χ2n) is 7.07. The predicted octanol–water partition coefficient (Wildman–Crippen LogP) is 4.21. The Labute approximate surface area is 123 Å². The highest BCUT2D eigenvalue weighted by Gasteiger charge is 2.25. The Morgan fingerprint density at radius 1 is 1.16 bits per heavy atom. The van der Waals surface area contributed by atoms with Crippen LogP contribution in [-0.4, -0.2) is 18.1 Å². The van der Waals surface area contributed by atoms with Gasteiger partial charge in [0.1, 0.15) is 0 Å². The number of nitrogens with one attached hydrogen (secondary N) is 1. The van der Waals surface area contributed by atoms with Crippen LogP contribution in [0.5, 0.6) is 0 Å². The Hall–Kier alpha value is -0.410. The number of nitrogens with zero attached hydrogens (tertiary/aromatic N) is 1. The van der Waals surface area contributed by atoms with Gasteiger partial charge >= 0.3 is 0 Å². The summed E-state index contributed by atoms with van der Waals surface area (Å²) in [5.41, 5.74) is 1.51. The number of aromatic nitrogens is 1. The summed E-state index contributed by atoms with van der Waals surface area (Å²) in [4.78, 5) is 6.06. The summed E-state index contributed by atoms with van der Waals surface area (Å²) in [6.45, 7) is 18.0. The fourth-order valence-electron chi connectivity index (χ4n) is 2.07. The molecule has 0 amide bonds. The number of rotatable bonds is 6. The molecule has 0 fully saturated rings. The van der Waals surface area contributed by atoms with Crippen molar-refractivity contribution >= 4 is 11.3 Å². The zero-order valence-corrected chi connectivity index (χ0v) is 14.4. The van der Waals surface area contributed by atoms with Crippen LogP contribution in [0.1, 0.15) is 50.2 Å². The van der Waals surface area contributed by atoms with Crippen molar-refractivity contribution in [2.24, 2.45) is 17.3 Å². The molecule has 1 atom stereocenters. The van der Waals surface area contributed by atoms with Gasteiger partial charge < -0.3 is 5.32 Å². The van der Waals surface area contributed by atoms with E-state index >= 15 is 0 Å². The van der Waals surface area contributed by atoms with Gasteiger partial charge in [-0.15, -0.1) is 11.3 Å². The van der Waals surface area contributed by atoms with Crippen LogP contribution in [0, 0.1) is 31.1 Å². The molecule has 1 heterocycles. The number of hydrogen-bond donors (Lipinski definition) is 1. The first-order chi connectivity index (χ1) is 8.70. The van der Waals surface area contributed by atoms with Crippen molar-refractivity contribution in [2.45, 2.75) is 54.9 Å². The zero-order valence-electron chi connectivity index (χ0n) is 13.6. The lowest BCUT2D eigenvalue weighted by molar-refractivity contribution is 0.228. The second-order valence-corrected chi connectivity index (χ2v) is 8.36. The molecule has 1 unspecified atom stereocenters. The van der Waals surface area contributed by atoms with Crippen LogP contribution in [0.4, 0.5) is 0 Å². The van der Waals surface area contributed by atoms with E-state index in [0.29, 0.717) is 17.3 Å². The van der Waals surface area contributed by atoms with Crippen LogP contribution in [0.15, 0.2) is 0 Å². The Morgan fingerprint density at radius 3 is 2.21 bits per heavy atom. The summed E-state index contributed by atoms with van der Waals surface area (Å²) in [6, 6.07) is 0. The molecule has 0 radical (unpaired) electrons. The summed E-state index contributed by atoms with van der Waals surface area (Å²) < 4.78 is 0. The largest absolute Gasteiger partial charge is 0.316 e. The number of hydrogen-bond acceptors (Lipinski definition) is 3. The summed E-state index contributed by atoms with van der Waals surface area (Å²) in [5, 5.41) is 4.90. The van der Waals surface area contributed by atoms with Crippen LogP contribution in [0.25, 0.3) is 0 Å². The maximum absolute atomic E-state index is 4.70. The van der Waals surface area contributed by atoms with E-state index < -0.39 is 0 Å². The van der Waals surface area contributed by atoms with E-state index in [1.54, 1.807) is 0 Å². The van der Waals surface area contributed by atoms with Gasteiger partial charge in [-0.25, -0.2) is 4.98 Å². The average molecular weight is 282 g/mol. The zero-order chi connectivity index (χ0) is 14.6. The van der Waals surface area contributed by atoms with Crippen molar-refractivity contribution < 1.29 is 0 Å². The molecule has 0 aliphatic carbocycles. The lowest BCUT2D eigenvalue weighted by Gasteiger charge is -2.30.